The van der Waals surface area contributed by atoms with Gasteiger partial charge in [-0.05, 0) is 85.3 Å². The van der Waals surface area contributed by atoms with Crippen molar-refractivity contribution in [1.82, 2.24) is 0 Å². The molecule has 1 atom stereocenters. The Morgan fingerprint density at radius 2 is 1.81 bits per heavy atom. The third kappa shape index (κ3) is 5.69. The van der Waals surface area contributed by atoms with E-state index in [0.717, 1.165) is 23.3 Å². The zero-order chi connectivity index (χ0) is 31.2. The minimum absolute atomic E-state index is 0.0440. The number of aryl methyl sites for hydroxylation is 2. The standard InChI is InChI=1S/C32H25Cl2F4N3O2/c1-16-10-17(2)21(11-18(16)15-43-28-9-7-20(35)13-24(28)34)29-22(14-39)31(40)41(26-4-3-5-27(42)30(26)29)25-8-6-19(33)12-23(25)32(36,37)38/h6-13,29H,3-5,15,40H2,1-2H3. The number of nitriles is 1. The van der Waals surface area contributed by atoms with E-state index in [-0.39, 0.29) is 63.7 Å². The summed E-state index contributed by atoms with van der Waals surface area (Å²) in [6, 6.07) is 12.9. The highest BCUT2D eigenvalue weighted by Crippen LogP contribution is 2.49. The fourth-order valence-corrected chi connectivity index (χ4v) is 6.13. The van der Waals surface area contributed by atoms with Crippen LogP contribution in [-0.2, 0) is 17.6 Å². The second kappa shape index (κ2) is 11.6. The van der Waals surface area contributed by atoms with E-state index in [0.29, 0.717) is 23.2 Å². The number of ether oxygens (including phenoxy) is 1. The second-order valence-electron chi connectivity index (χ2n) is 10.5. The van der Waals surface area contributed by atoms with Crippen molar-refractivity contribution >= 4 is 34.7 Å². The van der Waals surface area contributed by atoms with Crippen LogP contribution < -0.4 is 15.4 Å². The smallest absolute Gasteiger partial charge is 0.418 e. The first-order valence-corrected chi connectivity index (χ1v) is 14.1. The van der Waals surface area contributed by atoms with Crippen molar-refractivity contribution in [3.63, 3.8) is 0 Å². The van der Waals surface area contributed by atoms with Gasteiger partial charge in [0.15, 0.2) is 5.78 Å². The normalized spacial score (nSPS) is 17.2. The largest absolute Gasteiger partial charge is 0.487 e. The number of Topliss-reactive ketones (excluding diaryl/α,β-unsaturated/α-hetero) is 1. The van der Waals surface area contributed by atoms with Crippen LogP contribution in [0.5, 0.6) is 5.75 Å². The summed E-state index contributed by atoms with van der Waals surface area (Å²) in [5, 5.41) is 10.3. The number of hydrogen-bond donors (Lipinski definition) is 1. The maximum atomic E-state index is 14.2. The second-order valence-corrected chi connectivity index (χ2v) is 11.3. The van der Waals surface area contributed by atoms with Crippen molar-refractivity contribution in [2.75, 3.05) is 4.90 Å². The van der Waals surface area contributed by atoms with Crippen LogP contribution in [0.3, 0.4) is 0 Å². The molecule has 3 aromatic rings. The summed E-state index contributed by atoms with van der Waals surface area (Å²) in [6.07, 6.45) is -3.91. The first-order chi connectivity index (χ1) is 20.3. The molecule has 0 amide bonds. The highest BCUT2D eigenvalue weighted by molar-refractivity contribution is 6.32. The van der Waals surface area contributed by atoms with Crippen molar-refractivity contribution in [1.29, 1.82) is 5.26 Å². The highest BCUT2D eigenvalue weighted by Gasteiger charge is 2.44. The van der Waals surface area contributed by atoms with Gasteiger partial charge in [0.2, 0.25) is 0 Å². The van der Waals surface area contributed by atoms with E-state index in [9.17, 15) is 27.6 Å². The molecular weight excluding hydrogens is 605 g/mol. The number of benzene rings is 3. The summed E-state index contributed by atoms with van der Waals surface area (Å²) in [5.74, 6) is -1.59. The minimum atomic E-state index is -4.78. The Labute approximate surface area is 255 Å². The van der Waals surface area contributed by atoms with Crippen molar-refractivity contribution < 1.29 is 27.1 Å². The molecule has 43 heavy (non-hydrogen) atoms. The van der Waals surface area contributed by atoms with E-state index in [1.54, 1.807) is 0 Å². The Balaban J connectivity index is 1.66. The zero-order valence-corrected chi connectivity index (χ0v) is 24.6. The summed E-state index contributed by atoms with van der Waals surface area (Å²) in [6.45, 7) is 3.75. The number of carbonyl (C=O) groups excluding carboxylic acids is 1. The Morgan fingerprint density at radius 3 is 2.49 bits per heavy atom. The van der Waals surface area contributed by atoms with Crippen molar-refractivity contribution in [2.24, 2.45) is 5.73 Å². The van der Waals surface area contributed by atoms with Gasteiger partial charge in [0, 0.05) is 22.7 Å². The number of nitrogens with zero attached hydrogens (tertiary/aromatic N) is 2. The molecule has 0 spiro atoms. The average Bonchev–Trinajstić information content (AvgIpc) is 2.93. The molecule has 2 aliphatic rings. The number of rotatable bonds is 5. The monoisotopic (exact) mass is 629 g/mol. The predicted molar refractivity (Wildman–Crippen MR) is 156 cm³/mol. The Bertz CT molecular complexity index is 1760. The lowest BCUT2D eigenvalue weighted by molar-refractivity contribution is -0.137. The molecule has 11 heteroatoms. The van der Waals surface area contributed by atoms with Gasteiger partial charge in [-0.1, -0.05) is 35.3 Å². The third-order valence-electron chi connectivity index (χ3n) is 7.73. The first kappa shape index (κ1) is 30.5. The lowest BCUT2D eigenvalue weighted by Crippen LogP contribution is -2.39. The molecule has 0 radical (unpaired) electrons. The molecule has 1 aliphatic carbocycles. The molecule has 0 fully saturated rings. The van der Waals surface area contributed by atoms with E-state index >= 15 is 0 Å². The number of nitrogens with two attached hydrogens (primary N) is 1. The average molecular weight is 630 g/mol. The van der Waals surface area contributed by atoms with Gasteiger partial charge < -0.3 is 10.5 Å². The van der Waals surface area contributed by atoms with Gasteiger partial charge in [-0.25, -0.2) is 4.39 Å². The van der Waals surface area contributed by atoms with E-state index in [1.165, 1.54) is 29.2 Å². The van der Waals surface area contributed by atoms with E-state index in [2.05, 4.69) is 6.07 Å². The fraction of sp³-hybridized carbons (Fsp3) is 0.250. The molecule has 0 bridgehead atoms. The topological polar surface area (TPSA) is 79.4 Å². The van der Waals surface area contributed by atoms with Crippen LogP contribution in [0.15, 0.2) is 71.2 Å². The van der Waals surface area contributed by atoms with Gasteiger partial charge >= 0.3 is 6.18 Å². The molecule has 3 aromatic carbocycles. The summed E-state index contributed by atoms with van der Waals surface area (Å²) in [4.78, 5) is 14.7. The summed E-state index contributed by atoms with van der Waals surface area (Å²) in [5.41, 5.74) is 8.64. The zero-order valence-electron chi connectivity index (χ0n) is 23.1. The molecule has 5 rings (SSSR count). The predicted octanol–water partition coefficient (Wildman–Crippen LogP) is 8.65. The third-order valence-corrected chi connectivity index (χ3v) is 8.26. The molecule has 1 unspecified atom stereocenters. The summed E-state index contributed by atoms with van der Waals surface area (Å²) >= 11 is 12.1. The van der Waals surface area contributed by atoms with Crippen molar-refractivity contribution in [3.05, 3.63) is 115 Å². The number of ketones is 1. The van der Waals surface area contributed by atoms with E-state index in [1.807, 2.05) is 26.0 Å². The summed E-state index contributed by atoms with van der Waals surface area (Å²) < 4.78 is 61.9. The van der Waals surface area contributed by atoms with Crippen LogP contribution in [0.2, 0.25) is 10.0 Å². The Morgan fingerprint density at radius 1 is 1.07 bits per heavy atom. The molecule has 2 N–H and O–H groups in total. The van der Waals surface area contributed by atoms with Crippen LogP contribution in [0.1, 0.15) is 53.0 Å². The highest BCUT2D eigenvalue weighted by atomic mass is 35.5. The van der Waals surface area contributed by atoms with Gasteiger partial charge in [-0.2, -0.15) is 18.4 Å². The Kier molecular flexibility index (Phi) is 8.21. The van der Waals surface area contributed by atoms with Crippen LogP contribution in [0, 0.1) is 31.0 Å². The maximum Gasteiger partial charge on any atom is 0.418 e. The van der Waals surface area contributed by atoms with Crippen LogP contribution in [0.4, 0.5) is 23.2 Å². The van der Waals surface area contributed by atoms with Gasteiger partial charge in [0.1, 0.15) is 24.0 Å². The van der Waals surface area contributed by atoms with Crippen molar-refractivity contribution in [2.45, 2.75) is 51.8 Å². The molecule has 0 saturated carbocycles. The van der Waals surface area contributed by atoms with Gasteiger partial charge in [0.25, 0.3) is 0 Å². The number of anilines is 1. The van der Waals surface area contributed by atoms with E-state index in [4.69, 9.17) is 33.7 Å². The van der Waals surface area contributed by atoms with Crippen molar-refractivity contribution in [3.8, 4) is 11.8 Å². The molecule has 222 valence electrons. The number of hydrogen-bond acceptors (Lipinski definition) is 5. The number of halogens is 6. The molecular formula is C32H25Cl2F4N3O2. The van der Waals surface area contributed by atoms with E-state index < -0.39 is 23.5 Å². The molecule has 1 aliphatic heterocycles. The van der Waals surface area contributed by atoms with Gasteiger partial charge in [-0.3, -0.25) is 9.69 Å². The molecule has 1 heterocycles. The number of carbonyl (C=O) groups is 1. The SMILES string of the molecule is Cc1cc(C)c(C2C(C#N)=C(N)N(c3ccc(Cl)cc3C(F)(F)F)C3=C2C(=O)CCC3)cc1COc1ccc(F)cc1Cl. The number of alkyl halides is 3. The molecule has 0 saturated heterocycles. The maximum absolute atomic E-state index is 14.2. The fourth-order valence-electron chi connectivity index (χ4n) is 5.73. The molecule has 5 nitrogen and oxygen atoms in total. The lowest BCUT2D eigenvalue weighted by atomic mass is 9.74. The quantitative estimate of drug-likeness (QED) is 0.286. The van der Waals surface area contributed by atoms with Crippen LogP contribution >= 0.6 is 23.2 Å². The Hall–Kier alpha value is -4.00. The summed E-state index contributed by atoms with van der Waals surface area (Å²) in [7, 11) is 0. The minimum Gasteiger partial charge on any atom is -0.487 e. The lowest BCUT2D eigenvalue weighted by Gasteiger charge is -2.40. The number of allylic oxidation sites excluding steroid dienone is 3. The van der Waals surface area contributed by atoms with Crippen LogP contribution in [0.25, 0.3) is 0 Å². The van der Waals surface area contributed by atoms with Crippen LogP contribution in [-0.4, -0.2) is 5.78 Å². The first-order valence-electron chi connectivity index (χ1n) is 13.3. The van der Waals surface area contributed by atoms with Gasteiger partial charge in [-0.15, -0.1) is 0 Å². The van der Waals surface area contributed by atoms with Gasteiger partial charge in [0.05, 0.1) is 33.8 Å². The molecule has 0 aromatic heterocycles.